The maximum Gasteiger partial charge on any atom is 0.173 e. The van der Waals surface area contributed by atoms with Crippen LogP contribution in [-0.2, 0) is 9.47 Å². The van der Waals surface area contributed by atoms with Crippen LogP contribution in [0.1, 0.15) is 5.56 Å². The van der Waals surface area contributed by atoms with Crippen molar-refractivity contribution in [3.05, 3.63) is 23.9 Å². The Balaban J connectivity index is 2.48. The SMILES string of the molecule is COC(CNc1ccc(C#N)cn1)OC. The molecule has 0 saturated heterocycles. The Kier molecular flexibility index (Phi) is 4.54. The van der Waals surface area contributed by atoms with Crippen LogP contribution in [0.15, 0.2) is 18.3 Å². The van der Waals surface area contributed by atoms with Gasteiger partial charge in [-0.2, -0.15) is 5.26 Å². The highest BCUT2D eigenvalue weighted by atomic mass is 16.7. The zero-order chi connectivity index (χ0) is 11.1. The molecule has 0 fully saturated rings. The van der Waals surface area contributed by atoms with Gasteiger partial charge in [-0.3, -0.25) is 0 Å². The lowest BCUT2D eigenvalue weighted by molar-refractivity contribution is -0.0914. The van der Waals surface area contributed by atoms with Crippen LogP contribution in [0.25, 0.3) is 0 Å². The minimum atomic E-state index is -0.303. The van der Waals surface area contributed by atoms with E-state index in [0.717, 1.165) is 0 Å². The number of aromatic nitrogens is 1. The van der Waals surface area contributed by atoms with Crippen molar-refractivity contribution in [1.82, 2.24) is 4.98 Å². The van der Waals surface area contributed by atoms with Gasteiger partial charge in [-0.25, -0.2) is 4.98 Å². The predicted octanol–water partition coefficient (Wildman–Crippen LogP) is 0.984. The number of hydrogen-bond acceptors (Lipinski definition) is 5. The summed E-state index contributed by atoms with van der Waals surface area (Å²) < 4.78 is 10.0. The fourth-order valence-electron chi connectivity index (χ4n) is 1.02. The number of nitriles is 1. The fourth-order valence-corrected chi connectivity index (χ4v) is 1.02. The largest absolute Gasteiger partial charge is 0.365 e. The van der Waals surface area contributed by atoms with Gasteiger partial charge in [-0.15, -0.1) is 0 Å². The molecule has 1 heterocycles. The second-order valence-electron chi connectivity index (χ2n) is 2.83. The maximum absolute atomic E-state index is 8.57. The van der Waals surface area contributed by atoms with E-state index in [1.807, 2.05) is 6.07 Å². The topological polar surface area (TPSA) is 67.2 Å². The summed E-state index contributed by atoms with van der Waals surface area (Å²) in [4.78, 5) is 4.05. The van der Waals surface area contributed by atoms with E-state index < -0.39 is 0 Å². The Morgan fingerprint density at radius 1 is 1.47 bits per heavy atom. The molecule has 1 N–H and O–H groups in total. The van der Waals surface area contributed by atoms with Crippen LogP contribution in [0.5, 0.6) is 0 Å². The number of nitrogens with one attached hydrogen (secondary N) is 1. The van der Waals surface area contributed by atoms with Crippen molar-refractivity contribution in [3.8, 4) is 6.07 Å². The normalized spacial score (nSPS) is 10.0. The van der Waals surface area contributed by atoms with Gasteiger partial charge in [0.1, 0.15) is 11.9 Å². The summed E-state index contributed by atoms with van der Waals surface area (Å²) in [5.41, 5.74) is 0.538. The third kappa shape index (κ3) is 3.54. The number of anilines is 1. The number of nitrogens with zero attached hydrogens (tertiary/aromatic N) is 2. The number of hydrogen-bond donors (Lipinski definition) is 1. The summed E-state index contributed by atoms with van der Waals surface area (Å²) in [5.74, 6) is 0.688. The van der Waals surface area contributed by atoms with Gasteiger partial charge in [0.2, 0.25) is 0 Å². The first-order valence-corrected chi connectivity index (χ1v) is 4.45. The van der Waals surface area contributed by atoms with Crippen LogP contribution in [0, 0.1) is 11.3 Å². The molecule has 0 aromatic carbocycles. The van der Waals surface area contributed by atoms with E-state index >= 15 is 0 Å². The lowest BCUT2D eigenvalue weighted by Crippen LogP contribution is -2.23. The Bertz CT molecular complexity index is 328. The Morgan fingerprint density at radius 2 is 2.20 bits per heavy atom. The number of pyridine rings is 1. The molecule has 0 radical (unpaired) electrons. The van der Waals surface area contributed by atoms with Gasteiger partial charge >= 0.3 is 0 Å². The smallest absolute Gasteiger partial charge is 0.173 e. The molecular weight excluding hydrogens is 194 g/mol. The van der Waals surface area contributed by atoms with Crippen LogP contribution < -0.4 is 5.32 Å². The van der Waals surface area contributed by atoms with Gasteiger partial charge in [0.05, 0.1) is 12.1 Å². The zero-order valence-corrected chi connectivity index (χ0v) is 8.73. The van der Waals surface area contributed by atoms with Gasteiger partial charge in [-0.1, -0.05) is 0 Å². The average Bonchev–Trinajstić information content (AvgIpc) is 2.31. The monoisotopic (exact) mass is 207 g/mol. The van der Waals surface area contributed by atoms with Crippen molar-refractivity contribution >= 4 is 5.82 Å². The summed E-state index contributed by atoms with van der Waals surface area (Å²) in [7, 11) is 3.14. The van der Waals surface area contributed by atoms with Gasteiger partial charge < -0.3 is 14.8 Å². The van der Waals surface area contributed by atoms with Gasteiger partial charge in [0.15, 0.2) is 6.29 Å². The molecule has 0 amide bonds. The van der Waals surface area contributed by atoms with E-state index in [2.05, 4.69) is 10.3 Å². The first-order chi connectivity index (χ1) is 7.30. The molecule has 0 aliphatic heterocycles. The van der Waals surface area contributed by atoms with Gasteiger partial charge in [-0.05, 0) is 12.1 Å². The molecule has 1 aromatic heterocycles. The van der Waals surface area contributed by atoms with Crippen LogP contribution in [0.4, 0.5) is 5.82 Å². The molecule has 80 valence electrons. The molecule has 1 aromatic rings. The van der Waals surface area contributed by atoms with E-state index in [9.17, 15) is 0 Å². The lowest BCUT2D eigenvalue weighted by atomic mass is 10.3. The summed E-state index contributed by atoms with van der Waals surface area (Å²) in [6, 6.07) is 5.44. The molecule has 0 bridgehead atoms. The Labute approximate surface area is 88.6 Å². The summed E-state index contributed by atoms with van der Waals surface area (Å²) in [6.07, 6.45) is 1.21. The summed E-state index contributed by atoms with van der Waals surface area (Å²) in [5, 5.41) is 11.6. The molecular formula is C10H13N3O2. The summed E-state index contributed by atoms with van der Waals surface area (Å²) >= 11 is 0. The third-order valence-corrected chi connectivity index (χ3v) is 1.87. The van der Waals surface area contributed by atoms with E-state index in [1.54, 1.807) is 26.4 Å². The van der Waals surface area contributed by atoms with Crippen LogP contribution in [0.2, 0.25) is 0 Å². The van der Waals surface area contributed by atoms with Crippen molar-refractivity contribution in [1.29, 1.82) is 5.26 Å². The predicted molar refractivity (Wildman–Crippen MR) is 55.2 cm³/mol. The summed E-state index contributed by atoms with van der Waals surface area (Å²) in [6.45, 7) is 0.506. The second-order valence-corrected chi connectivity index (χ2v) is 2.83. The van der Waals surface area contributed by atoms with Crippen LogP contribution >= 0.6 is 0 Å². The maximum atomic E-state index is 8.57. The minimum Gasteiger partial charge on any atom is -0.365 e. The molecule has 0 spiro atoms. The highest BCUT2D eigenvalue weighted by Gasteiger charge is 2.04. The highest BCUT2D eigenvalue weighted by molar-refractivity contribution is 5.38. The van der Waals surface area contributed by atoms with E-state index in [4.69, 9.17) is 14.7 Å². The van der Waals surface area contributed by atoms with Crippen molar-refractivity contribution in [2.75, 3.05) is 26.1 Å². The third-order valence-electron chi connectivity index (χ3n) is 1.87. The van der Waals surface area contributed by atoms with E-state index in [0.29, 0.717) is 17.9 Å². The molecule has 0 aliphatic rings. The lowest BCUT2D eigenvalue weighted by Gasteiger charge is -2.14. The molecule has 0 saturated carbocycles. The first kappa shape index (κ1) is 11.4. The van der Waals surface area contributed by atoms with Crippen molar-refractivity contribution in [3.63, 3.8) is 0 Å². The standard InChI is InChI=1S/C10H13N3O2/c1-14-10(15-2)7-13-9-4-3-8(5-11)6-12-9/h3-4,6,10H,7H2,1-2H3,(H,12,13). The Morgan fingerprint density at radius 3 is 2.67 bits per heavy atom. The van der Waals surface area contributed by atoms with E-state index in [-0.39, 0.29) is 6.29 Å². The number of methoxy groups -OCH3 is 2. The van der Waals surface area contributed by atoms with Crippen molar-refractivity contribution in [2.24, 2.45) is 0 Å². The Hall–Kier alpha value is -1.64. The highest BCUT2D eigenvalue weighted by Crippen LogP contribution is 2.04. The molecule has 5 nitrogen and oxygen atoms in total. The van der Waals surface area contributed by atoms with Crippen molar-refractivity contribution in [2.45, 2.75) is 6.29 Å². The van der Waals surface area contributed by atoms with E-state index in [1.165, 1.54) is 6.20 Å². The van der Waals surface area contributed by atoms with Gasteiger partial charge in [0, 0.05) is 20.4 Å². The average molecular weight is 207 g/mol. The first-order valence-electron chi connectivity index (χ1n) is 4.45. The molecule has 1 rings (SSSR count). The van der Waals surface area contributed by atoms with Crippen molar-refractivity contribution < 1.29 is 9.47 Å². The molecule has 15 heavy (non-hydrogen) atoms. The zero-order valence-electron chi connectivity index (χ0n) is 8.73. The molecule has 0 atom stereocenters. The molecule has 5 heteroatoms. The quantitative estimate of drug-likeness (QED) is 0.729. The van der Waals surface area contributed by atoms with Crippen LogP contribution in [0.3, 0.4) is 0 Å². The second kappa shape index (κ2) is 5.96. The molecule has 0 aliphatic carbocycles. The fraction of sp³-hybridized carbons (Fsp3) is 0.400. The minimum absolute atomic E-state index is 0.303. The van der Waals surface area contributed by atoms with Crippen LogP contribution in [-0.4, -0.2) is 32.0 Å². The molecule has 0 unspecified atom stereocenters. The number of ether oxygens (including phenoxy) is 2. The number of rotatable bonds is 5. The van der Waals surface area contributed by atoms with Gasteiger partial charge in [0.25, 0.3) is 0 Å².